The SMILES string of the molecule is NC(=O)N1CCC(Cc2cc(F)cs2)CC1. The number of piperidine rings is 1. The number of thiophene rings is 1. The van der Waals surface area contributed by atoms with E-state index in [1.807, 2.05) is 0 Å². The smallest absolute Gasteiger partial charge is 0.314 e. The van der Waals surface area contributed by atoms with Crippen molar-refractivity contribution >= 4 is 17.4 Å². The Balaban J connectivity index is 1.83. The van der Waals surface area contributed by atoms with E-state index >= 15 is 0 Å². The highest BCUT2D eigenvalue weighted by atomic mass is 32.1. The molecule has 0 saturated carbocycles. The normalized spacial score (nSPS) is 17.7. The second-order valence-corrected chi connectivity index (χ2v) is 5.20. The number of likely N-dealkylation sites (tertiary alicyclic amines) is 1. The lowest BCUT2D eigenvalue weighted by Gasteiger charge is -2.30. The first kappa shape index (κ1) is 11.4. The number of halogens is 1. The van der Waals surface area contributed by atoms with Crippen LogP contribution in [0.5, 0.6) is 0 Å². The number of hydrogen-bond donors (Lipinski definition) is 1. The number of rotatable bonds is 2. The number of urea groups is 1. The van der Waals surface area contributed by atoms with E-state index in [1.54, 1.807) is 11.0 Å². The average molecular weight is 242 g/mol. The van der Waals surface area contributed by atoms with E-state index in [4.69, 9.17) is 5.73 Å². The molecular weight excluding hydrogens is 227 g/mol. The van der Waals surface area contributed by atoms with Crippen molar-refractivity contribution in [3.05, 3.63) is 22.1 Å². The van der Waals surface area contributed by atoms with Gasteiger partial charge < -0.3 is 10.6 Å². The molecular formula is C11H15FN2OS. The zero-order chi connectivity index (χ0) is 11.5. The lowest BCUT2D eigenvalue weighted by atomic mass is 9.93. The molecule has 0 bridgehead atoms. The number of nitrogens with zero attached hydrogens (tertiary/aromatic N) is 1. The van der Waals surface area contributed by atoms with Crippen molar-refractivity contribution in [3.8, 4) is 0 Å². The van der Waals surface area contributed by atoms with E-state index < -0.39 is 0 Å². The van der Waals surface area contributed by atoms with Crippen molar-refractivity contribution in [2.75, 3.05) is 13.1 Å². The third kappa shape index (κ3) is 2.72. The van der Waals surface area contributed by atoms with Crippen LogP contribution in [0.15, 0.2) is 11.4 Å². The van der Waals surface area contributed by atoms with Gasteiger partial charge in [-0.1, -0.05) is 0 Å². The van der Waals surface area contributed by atoms with Gasteiger partial charge in [0.05, 0.1) is 0 Å². The predicted octanol–water partition coefficient (Wildman–Crippen LogP) is 2.22. The van der Waals surface area contributed by atoms with Crippen LogP contribution in [-0.2, 0) is 6.42 Å². The van der Waals surface area contributed by atoms with Crippen LogP contribution in [0.2, 0.25) is 0 Å². The second-order valence-electron chi connectivity index (χ2n) is 4.20. The highest BCUT2D eigenvalue weighted by molar-refractivity contribution is 7.09. The minimum atomic E-state index is -0.333. The molecule has 0 aromatic carbocycles. The van der Waals surface area contributed by atoms with Crippen LogP contribution in [0.3, 0.4) is 0 Å². The molecule has 1 fully saturated rings. The van der Waals surface area contributed by atoms with Gasteiger partial charge in [0, 0.05) is 23.3 Å². The van der Waals surface area contributed by atoms with Crippen LogP contribution >= 0.6 is 11.3 Å². The van der Waals surface area contributed by atoms with Gasteiger partial charge in [-0.05, 0) is 31.2 Å². The third-order valence-electron chi connectivity index (χ3n) is 3.04. The van der Waals surface area contributed by atoms with Crippen LogP contribution in [0, 0.1) is 11.7 Å². The molecule has 3 nitrogen and oxygen atoms in total. The predicted molar refractivity (Wildman–Crippen MR) is 61.9 cm³/mol. The van der Waals surface area contributed by atoms with Crippen LogP contribution in [0.25, 0.3) is 0 Å². The summed E-state index contributed by atoms with van der Waals surface area (Å²) in [5.74, 6) is 0.406. The van der Waals surface area contributed by atoms with Gasteiger partial charge >= 0.3 is 6.03 Å². The highest BCUT2D eigenvalue weighted by Crippen LogP contribution is 2.24. The van der Waals surface area contributed by atoms with Crippen molar-refractivity contribution in [1.82, 2.24) is 4.90 Å². The average Bonchev–Trinajstić information content (AvgIpc) is 2.65. The number of nitrogens with two attached hydrogens (primary N) is 1. The number of carbonyl (C=O) groups excluding carboxylic acids is 1. The maximum Gasteiger partial charge on any atom is 0.314 e. The maximum absolute atomic E-state index is 12.8. The summed E-state index contributed by atoms with van der Waals surface area (Å²) in [5, 5.41) is 1.54. The molecule has 1 saturated heterocycles. The van der Waals surface area contributed by atoms with Crippen molar-refractivity contribution in [1.29, 1.82) is 0 Å². The minimum absolute atomic E-state index is 0.144. The lowest BCUT2D eigenvalue weighted by Crippen LogP contribution is -2.41. The van der Waals surface area contributed by atoms with Crippen molar-refractivity contribution in [2.24, 2.45) is 11.7 Å². The zero-order valence-electron chi connectivity index (χ0n) is 8.99. The molecule has 0 atom stereocenters. The van der Waals surface area contributed by atoms with E-state index in [9.17, 15) is 9.18 Å². The molecule has 2 amide bonds. The summed E-state index contributed by atoms with van der Waals surface area (Å²) in [4.78, 5) is 13.7. The van der Waals surface area contributed by atoms with Crippen LogP contribution in [0.1, 0.15) is 17.7 Å². The van der Waals surface area contributed by atoms with Gasteiger partial charge in [0.2, 0.25) is 0 Å². The number of primary amides is 1. The van der Waals surface area contributed by atoms with Gasteiger partial charge in [0.1, 0.15) is 5.82 Å². The third-order valence-corrected chi connectivity index (χ3v) is 3.97. The van der Waals surface area contributed by atoms with Crippen LogP contribution < -0.4 is 5.73 Å². The van der Waals surface area contributed by atoms with Crippen molar-refractivity contribution in [3.63, 3.8) is 0 Å². The van der Waals surface area contributed by atoms with Gasteiger partial charge in [-0.25, -0.2) is 9.18 Å². The van der Waals surface area contributed by atoms with E-state index in [0.29, 0.717) is 5.92 Å². The first-order valence-electron chi connectivity index (χ1n) is 5.42. The minimum Gasteiger partial charge on any atom is -0.351 e. The quantitative estimate of drug-likeness (QED) is 0.849. The zero-order valence-corrected chi connectivity index (χ0v) is 9.80. The van der Waals surface area contributed by atoms with E-state index in [2.05, 4.69) is 0 Å². The molecule has 2 N–H and O–H groups in total. The monoisotopic (exact) mass is 242 g/mol. The number of carbonyl (C=O) groups is 1. The van der Waals surface area contributed by atoms with E-state index in [0.717, 1.165) is 37.2 Å². The van der Waals surface area contributed by atoms with E-state index in [-0.39, 0.29) is 11.8 Å². The molecule has 2 rings (SSSR count). The van der Waals surface area contributed by atoms with Crippen molar-refractivity contribution < 1.29 is 9.18 Å². The van der Waals surface area contributed by atoms with E-state index in [1.165, 1.54) is 16.7 Å². The number of amides is 2. The Hall–Kier alpha value is -1.10. The van der Waals surface area contributed by atoms with Crippen LogP contribution in [0.4, 0.5) is 9.18 Å². The Morgan fingerprint density at radius 1 is 1.56 bits per heavy atom. The Labute approximate surface area is 98.0 Å². The fourth-order valence-electron chi connectivity index (χ4n) is 2.10. The summed E-state index contributed by atoms with van der Waals surface area (Å²) in [6, 6.07) is 1.27. The summed E-state index contributed by atoms with van der Waals surface area (Å²) in [7, 11) is 0. The Bertz CT molecular complexity index is 372. The molecule has 0 unspecified atom stereocenters. The standard InChI is InChI=1S/C11H15FN2OS/c12-9-6-10(16-7-9)5-8-1-3-14(4-2-8)11(13)15/h6-8H,1-5H2,(H2,13,15). The lowest BCUT2D eigenvalue weighted by molar-refractivity contribution is 0.179. The van der Waals surface area contributed by atoms with Crippen molar-refractivity contribution in [2.45, 2.75) is 19.3 Å². The molecule has 0 radical (unpaired) electrons. The number of hydrogen-bond acceptors (Lipinski definition) is 2. The molecule has 0 spiro atoms. The Kier molecular flexibility index (Phi) is 3.43. The fourth-order valence-corrected chi connectivity index (χ4v) is 2.95. The molecule has 88 valence electrons. The molecule has 5 heteroatoms. The molecule has 1 aromatic rings. The largest absolute Gasteiger partial charge is 0.351 e. The topological polar surface area (TPSA) is 46.3 Å². The highest BCUT2D eigenvalue weighted by Gasteiger charge is 2.21. The summed E-state index contributed by atoms with van der Waals surface area (Å²) in [6.45, 7) is 1.46. The summed E-state index contributed by atoms with van der Waals surface area (Å²) in [5.41, 5.74) is 5.21. The summed E-state index contributed by atoms with van der Waals surface area (Å²) >= 11 is 1.47. The van der Waals surface area contributed by atoms with Gasteiger partial charge in [-0.2, -0.15) is 0 Å². The van der Waals surface area contributed by atoms with Gasteiger partial charge in [-0.15, -0.1) is 11.3 Å². The second kappa shape index (κ2) is 4.82. The summed E-state index contributed by atoms with van der Waals surface area (Å²) < 4.78 is 12.8. The molecule has 0 aliphatic carbocycles. The van der Waals surface area contributed by atoms with Gasteiger partial charge in [0.15, 0.2) is 0 Å². The van der Waals surface area contributed by atoms with Gasteiger partial charge in [-0.3, -0.25) is 0 Å². The molecule has 1 aromatic heterocycles. The van der Waals surface area contributed by atoms with Gasteiger partial charge in [0.25, 0.3) is 0 Å². The first-order valence-corrected chi connectivity index (χ1v) is 6.30. The van der Waals surface area contributed by atoms with Crippen LogP contribution in [-0.4, -0.2) is 24.0 Å². The molecule has 1 aliphatic heterocycles. The molecule has 2 heterocycles. The first-order chi connectivity index (χ1) is 7.65. The maximum atomic E-state index is 12.8. The molecule has 1 aliphatic rings. The molecule has 16 heavy (non-hydrogen) atoms. The Morgan fingerprint density at radius 3 is 2.75 bits per heavy atom. The fraction of sp³-hybridized carbons (Fsp3) is 0.545. The summed E-state index contributed by atoms with van der Waals surface area (Å²) in [6.07, 6.45) is 2.84. The Morgan fingerprint density at radius 2 is 2.25 bits per heavy atom.